The van der Waals surface area contributed by atoms with Gasteiger partial charge in [0.25, 0.3) is 0 Å². The minimum Gasteiger partial charge on any atom is -0.373 e. The SMILES string of the molecule is CCC(CC)C(C)(C)OC(C)C. The fraction of sp³-hybridized carbons (Fsp3) is 1.00. The fourth-order valence-electron chi connectivity index (χ4n) is 1.98. The monoisotopic (exact) mass is 172 g/mol. The summed E-state index contributed by atoms with van der Waals surface area (Å²) >= 11 is 0. The van der Waals surface area contributed by atoms with E-state index in [1.807, 2.05) is 0 Å². The van der Waals surface area contributed by atoms with Gasteiger partial charge in [0.1, 0.15) is 0 Å². The minimum absolute atomic E-state index is 0.0394. The highest BCUT2D eigenvalue weighted by atomic mass is 16.5. The van der Waals surface area contributed by atoms with Crippen molar-refractivity contribution in [1.29, 1.82) is 0 Å². The molecule has 0 unspecified atom stereocenters. The van der Waals surface area contributed by atoms with Gasteiger partial charge in [-0.25, -0.2) is 0 Å². The van der Waals surface area contributed by atoms with Gasteiger partial charge in [0, 0.05) is 0 Å². The van der Waals surface area contributed by atoms with E-state index in [4.69, 9.17) is 4.74 Å². The number of rotatable bonds is 5. The summed E-state index contributed by atoms with van der Waals surface area (Å²) in [6.07, 6.45) is 2.74. The van der Waals surface area contributed by atoms with Crippen molar-refractivity contribution >= 4 is 0 Å². The predicted octanol–water partition coefficient (Wildman–Crippen LogP) is 3.63. The van der Waals surface area contributed by atoms with Gasteiger partial charge in [-0.15, -0.1) is 0 Å². The van der Waals surface area contributed by atoms with Crippen molar-refractivity contribution in [2.24, 2.45) is 5.92 Å². The maximum Gasteiger partial charge on any atom is 0.0657 e. The molecule has 0 aromatic heterocycles. The molecular weight excluding hydrogens is 148 g/mol. The summed E-state index contributed by atoms with van der Waals surface area (Å²) < 4.78 is 5.88. The molecule has 0 heterocycles. The quantitative estimate of drug-likeness (QED) is 0.615. The molecule has 0 radical (unpaired) electrons. The molecule has 0 fully saturated rings. The van der Waals surface area contributed by atoms with E-state index < -0.39 is 0 Å². The maximum atomic E-state index is 5.88. The Labute approximate surface area is 77.5 Å². The molecule has 0 aromatic rings. The highest BCUT2D eigenvalue weighted by molar-refractivity contribution is 4.78. The van der Waals surface area contributed by atoms with Crippen LogP contribution in [0.5, 0.6) is 0 Å². The second kappa shape index (κ2) is 4.86. The van der Waals surface area contributed by atoms with E-state index in [-0.39, 0.29) is 5.60 Å². The third kappa shape index (κ3) is 3.57. The first-order valence-corrected chi connectivity index (χ1v) is 5.11. The zero-order chi connectivity index (χ0) is 9.78. The summed E-state index contributed by atoms with van der Waals surface area (Å²) in [5.41, 5.74) is 0.0394. The van der Waals surface area contributed by atoms with E-state index in [2.05, 4.69) is 41.5 Å². The average Bonchev–Trinajstić information content (AvgIpc) is 1.85. The van der Waals surface area contributed by atoms with Gasteiger partial charge in [0.2, 0.25) is 0 Å². The second-order valence-electron chi connectivity index (χ2n) is 4.28. The van der Waals surface area contributed by atoms with Gasteiger partial charge in [0.15, 0.2) is 0 Å². The van der Waals surface area contributed by atoms with Crippen LogP contribution in [-0.4, -0.2) is 11.7 Å². The van der Waals surface area contributed by atoms with Gasteiger partial charge in [-0.05, 0) is 33.6 Å². The molecular formula is C11H24O. The van der Waals surface area contributed by atoms with Crippen molar-refractivity contribution in [2.75, 3.05) is 0 Å². The van der Waals surface area contributed by atoms with Crippen LogP contribution in [0.3, 0.4) is 0 Å². The standard InChI is InChI=1S/C11H24O/c1-7-10(8-2)11(5,6)12-9(3)4/h9-10H,7-8H2,1-6H3. The first kappa shape index (κ1) is 12.0. The molecule has 0 rings (SSSR count). The highest BCUT2D eigenvalue weighted by Gasteiger charge is 2.28. The fourth-order valence-corrected chi connectivity index (χ4v) is 1.98. The summed E-state index contributed by atoms with van der Waals surface area (Å²) in [7, 11) is 0. The zero-order valence-corrected chi connectivity index (χ0v) is 9.48. The Morgan fingerprint density at radius 3 is 1.75 bits per heavy atom. The van der Waals surface area contributed by atoms with Crippen molar-refractivity contribution < 1.29 is 4.74 Å². The first-order chi connectivity index (χ1) is 5.44. The molecule has 12 heavy (non-hydrogen) atoms. The van der Waals surface area contributed by atoms with E-state index in [9.17, 15) is 0 Å². The van der Waals surface area contributed by atoms with Crippen LogP contribution < -0.4 is 0 Å². The lowest BCUT2D eigenvalue weighted by molar-refractivity contribution is -0.0938. The molecule has 0 aromatic carbocycles. The zero-order valence-electron chi connectivity index (χ0n) is 9.48. The molecule has 0 amide bonds. The topological polar surface area (TPSA) is 9.23 Å². The normalized spacial score (nSPS) is 13.0. The van der Waals surface area contributed by atoms with Crippen molar-refractivity contribution in [3.05, 3.63) is 0 Å². The van der Waals surface area contributed by atoms with Crippen molar-refractivity contribution in [2.45, 2.75) is 66.1 Å². The highest BCUT2D eigenvalue weighted by Crippen LogP contribution is 2.28. The molecule has 1 nitrogen and oxygen atoms in total. The largest absolute Gasteiger partial charge is 0.373 e. The Balaban J connectivity index is 4.14. The predicted molar refractivity (Wildman–Crippen MR) is 54.4 cm³/mol. The third-order valence-corrected chi connectivity index (χ3v) is 2.51. The van der Waals surface area contributed by atoms with Gasteiger partial charge in [-0.2, -0.15) is 0 Å². The van der Waals surface area contributed by atoms with Crippen LogP contribution in [0.4, 0.5) is 0 Å². The first-order valence-electron chi connectivity index (χ1n) is 5.11. The summed E-state index contributed by atoms with van der Waals surface area (Å²) in [5, 5.41) is 0. The van der Waals surface area contributed by atoms with Gasteiger partial charge in [-0.1, -0.05) is 26.7 Å². The number of hydrogen-bond acceptors (Lipinski definition) is 1. The minimum atomic E-state index is 0.0394. The Morgan fingerprint density at radius 2 is 1.50 bits per heavy atom. The molecule has 0 N–H and O–H groups in total. The lowest BCUT2D eigenvalue weighted by Gasteiger charge is -2.35. The lowest BCUT2D eigenvalue weighted by Crippen LogP contribution is -2.36. The van der Waals surface area contributed by atoms with Gasteiger partial charge < -0.3 is 4.74 Å². The summed E-state index contributed by atoms with van der Waals surface area (Å²) in [6, 6.07) is 0. The van der Waals surface area contributed by atoms with Crippen LogP contribution in [0.1, 0.15) is 54.4 Å². The molecule has 0 aliphatic heterocycles. The molecule has 0 saturated carbocycles. The van der Waals surface area contributed by atoms with Crippen LogP contribution >= 0.6 is 0 Å². The van der Waals surface area contributed by atoms with Crippen LogP contribution in [-0.2, 0) is 4.74 Å². The summed E-state index contributed by atoms with van der Waals surface area (Å²) in [4.78, 5) is 0. The molecule has 0 aliphatic rings. The smallest absolute Gasteiger partial charge is 0.0657 e. The molecule has 0 atom stereocenters. The van der Waals surface area contributed by atoms with Crippen molar-refractivity contribution in [3.63, 3.8) is 0 Å². The molecule has 1 heteroatoms. The van der Waals surface area contributed by atoms with Crippen LogP contribution in [0, 0.1) is 5.92 Å². The Hall–Kier alpha value is -0.0400. The molecule has 0 aliphatic carbocycles. The van der Waals surface area contributed by atoms with Crippen molar-refractivity contribution in [3.8, 4) is 0 Å². The van der Waals surface area contributed by atoms with Gasteiger partial charge in [0.05, 0.1) is 11.7 Å². The van der Waals surface area contributed by atoms with Crippen molar-refractivity contribution in [1.82, 2.24) is 0 Å². The Morgan fingerprint density at radius 1 is 1.08 bits per heavy atom. The summed E-state index contributed by atoms with van der Waals surface area (Å²) in [6.45, 7) is 13.1. The van der Waals surface area contributed by atoms with E-state index in [1.54, 1.807) is 0 Å². The summed E-state index contributed by atoms with van der Waals surface area (Å²) in [5.74, 6) is 0.680. The lowest BCUT2D eigenvalue weighted by atomic mass is 9.86. The molecule has 74 valence electrons. The second-order valence-corrected chi connectivity index (χ2v) is 4.28. The average molecular weight is 172 g/mol. The van der Waals surface area contributed by atoms with Gasteiger partial charge >= 0.3 is 0 Å². The number of hydrogen-bond donors (Lipinski definition) is 0. The van der Waals surface area contributed by atoms with Crippen LogP contribution in [0.25, 0.3) is 0 Å². The van der Waals surface area contributed by atoms with Gasteiger partial charge in [-0.3, -0.25) is 0 Å². The maximum absolute atomic E-state index is 5.88. The van der Waals surface area contributed by atoms with Crippen LogP contribution in [0.2, 0.25) is 0 Å². The van der Waals surface area contributed by atoms with E-state index in [0.29, 0.717) is 12.0 Å². The third-order valence-electron chi connectivity index (χ3n) is 2.51. The number of ether oxygens (including phenoxy) is 1. The Kier molecular flexibility index (Phi) is 4.84. The van der Waals surface area contributed by atoms with E-state index >= 15 is 0 Å². The molecule has 0 spiro atoms. The Bertz CT molecular complexity index is 112. The van der Waals surface area contributed by atoms with Crippen LogP contribution in [0.15, 0.2) is 0 Å². The molecule has 0 bridgehead atoms. The van der Waals surface area contributed by atoms with E-state index in [1.165, 1.54) is 12.8 Å². The molecule has 0 saturated heterocycles. The van der Waals surface area contributed by atoms with E-state index in [0.717, 1.165) is 0 Å².